The van der Waals surface area contributed by atoms with Gasteiger partial charge in [-0.25, -0.2) is 4.98 Å². The molecule has 0 aliphatic heterocycles. The molecule has 0 aliphatic carbocycles. The van der Waals surface area contributed by atoms with Gasteiger partial charge in [-0.2, -0.15) is 0 Å². The van der Waals surface area contributed by atoms with Crippen LogP contribution in [0.5, 0.6) is 0 Å². The fourth-order valence-corrected chi connectivity index (χ4v) is 2.74. The molecule has 0 spiro atoms. The van der Waals surface area contributed by atoms with Crippen LogP contribution in [0.2, 0.25) is 0 Å². The monoisotopic (exact) mass is 221 g/mol. The molecule has 0 unspecified atom stereocenters. The lowest BCUT2D eigenvalue weighted by molar-refractivity contribution is 0.578. The molecule has 15 heavy (non-hydrogen) atoms. The van der Waals surface area contributed by atoms with Crippen LogP contribution in [-0.2, 0) is 6.42 Å². The fourth-order valence-electron chi connectivity index (χ4n) is 1.58. The molecule has 0 N–H and O–H groups in total. The van der Waals surface area contributed by atoms with Crippen LogP contribution in [0.4, 0.5) is 0 Å². The summed E-state index contributed by atoms with van der Waals surface area (Å²) in [5.41, 5.74) is 1.02. The molecule has 2 aromatic rings. The van der Waals surface area contributed by atoms with Gasteiger partial charge in [0.1, 0.15) is 5.69 Å². The Balaban J connectivity index is 2.38. The highest BCUT2D eigenvalue weighted by molar-refractivity contribution is 7.12. The first-order valence-electron chi connectivity index (χ1n) is 5.17. The second-order valence-corrected chi connectivity index (χ2v) is 5.37. The summed E-state index contributed by atoms with van der Waals surface area (Å²) in [6.45, 7) is 6.49. The minimum Gasteiger partial charge on any atom is -0.463 e. The molecule has 0 saturated heterocycles. The Kier molecular flexibility index (Phi) is 2.91. The predicted molar refractivity (Wildman–Crippen MR) is 63.1 cm³/mol. The van der Waals surface area contributed by atoms with Gasteiger partial charge in [0.25, 0.3) is 0 Å². The molecule has 0 atom stereocenters. The SMILES string of the molecule is Cc1nc(-c2ccco2)c(CC(C)C)s1. The average molecular weight is 221 g/mol. The molecule has 3 heteroatoms. The molecule has 0 radical (unpaired) electrons. The van der Waals surface area contributed by atoms with Crippen LogP contribution in [0.15, 0.2) is 22.8 Å². The molecule has 2 rings (SSSR count). The van der Waals surface area contributed by atoms with E-state index >= 15 is 0 Å². The van der Waals surface area contributed by atoms with Crippen molar-refractivity contribution < 1.29 is 4.42 Å². The van der Waals surface area contributed by atoms with Gasteiger partial charge in [-0.05, 0) is 31.4 Å². The maximum absolute atomic E-state index is 5.40. The maximum Gasteiger partial charge on any atom is 0.153 e. The highest BCUT2D eigenvalue weighted by Crippen LogP contribution is 2.30. The van der Waals surface area contributed by atoms with Gasteiger partial charge in [-0.15, -0.1) is 11.3 Å². The minimum atomic E-state index is 0.651. The molecule has 2 aromatic heterocycles. The Bertz CT molecular complexity index is 428. The molecule has 0 bridgehead atoms. The van der Waals surface area contributed by atoms with E-state index in [-0.39, 0.29) is 0 Å². The van der Waals surface area contributed by atoms with Crippen molar-refractivity contribution in [3.05, 3.63) is 28.3 Å². The van der Waals surface area contributed by atoms with Crippen LogP contribution in [0.3, 0.4) is 0 Å². The first kappa shape index (κ1) is 10.4. The summed E-state index contributed by atoms with van der Waals surface area (Å²) in [6, 6.07) is 3.88. The van der Waals surface area contributed by atoms with E-state index in [0.29, 0.717) is 5.92 Å². The van der Waals surface area contributed by atoms with E-state index in [4.69, 9.17) is 4.42 Å². The number of aromatic nitrogens is 1. The summed E-state index contributed by atoms with van der Waals surface area (Å²) in [6.07, 6.45) is 2.77. The van der Waals surface area contributed by atoms with Gasteiger partial charge in [-0.1, -0.05) is 13.8 Å². The van der Waals surface area contributed by atoms with E-state index in [1.54, 1.807) is 17.6 Å². The van der Waals surface area contributed by atoms with Crippen molar-refractivity contribution in [1.29, 1.82) is 0 Å². The first-order valence-corrected chi connectivity index (χ1v) is 5.98. The maximum atomic E-state index is 5.40. The second-order valence-electron chi connectivity index (χ2n) is 4.08. The van der Waals surface area contributed by atoms with Gasteiger partial charge >= 0.3 is 0 Å². The highest BCUT2D eigenvalue weighted by Gasteiger charge is 2.14. The Labute approximate surface area is 94.0 Å². The topological polar surface area (TPSA) is 26.0 Å². The van der Waals surface area contributed by atoms with Gasteiger partial charge in [0.2, 0.25) is 0 Å². The molecule has 0 saturated carbocycles. The van der Waals surface area contributed by atoms with Gasteiger partial charge in [0.05, 0.1) is 11.3 Å². The van der Waals surface area contributed by atoms with Gasteiger partial charge < -0.3 is 4.42 Å². The van der Waals surface area contributed by atoms with Crippen LogP contribution in [0, 0.1) is 12.8 Å². The van der Waals surface area contributed by atoms with Crippen molar-refractivity contribution in [2.75, 3.05) is 0 Å². The summed E-state index contributed by atoms with van der Waals surface area (Å²) >= 11 is 1.77. The third kappa shape index (κ3) is 2.29. The van der Waals surface area contributed by atoms with Crippen LogP contribution in [0.25, 0.3) is 11.5 Å². The number of rotatable bonds is 3. The van der Waals surface area contributed by atoms with Crippen molar-refractivity contribution in [2.24, 2.45) is 5.92 Å². The zero-order valence-electron chi connectivity index (χ0n) is 9.28. The predicted octanol–water partition coefficient (Wildman–Crippen LogP) is 3.91. The zero-order valence-corrected chi connectivity index (χ0v) is 10.1. The lowest BCUT2D eigenvalue weighted by Gasteiger charge is -2.02. The van der Waals surface area contributed by atoms with Crippen molar-refractivity contribution >= 4 is 11.3 Å². The third-order valence-electron chi connectivity index (χ3n) is 2.15. The Morgan fingerprint density at radius 1 is 1.47 bits per heavy atom. The van der Waals surface area contributed by atoms with Crippen LogP contribution in [0.1, 0.15) is 23.7 Å². The summed E-state index contributed by atoms with van der Waals surface area (Å²) in [4.78, 5) is 5.86. The van der Waals surface area contributed by atoms with E-state index in [9.17, 15) is 0 Å². The lowest BCUT2D eigenvalue weighted by Crippen LogP contribution is -1.93. The molecule has 0 aromatic carbocycles. The van der Waals surface area contributed by atoms with E-state index < -0.39 is 0 Å². The molecular weight excluding hydrogens is 206 g/mol. The number of aryl methyl sites for hydroxylation is 1. The van der Waals surface area contributed by atoms with Crippen molar-refractivity contribution in [2.45, 2.75) is 27.2 Å². The van der Waals surface area contributed by atoms with E-state index in [1.165, 1.54) is 4.88 Å². The first-order chi connectivity index (χ1) is 7.16. The van der Waals surface area contributed by atoms with E-state index in [0.717, 1.165) is 22.9 Å². The Hall–Kier alpha value is -1.09. The van der Waals surface area contributed by atoms with E-state index in [1.807, 2.05) is 19.1 Å². The largest absolute Gasteiger partial charge is 0.463 e. The summed E-state index contributed by atoms with van der Waals surface area (Å²) < 4.78 is 5.40. The number of thiazole rings is 1. The summed E-state index contributed by atoms with van der Waals surface area (Å²) in [5, 5.41) is 1.11. The highest BCUT2D eigenvalue weighted by atomic mass is 32.1. The van der Waals surface area contributed by atoms with Crippen LogP contribution >= 0.6 is 11.3 Å². The van der Waals surface area contributed by atoms with Gasteiger partial charge in [-0.3, -0.25) is 0 Å². The van der Waals surface area contributed by atoms with Gasteiger partial charge in [0, 0.05) is 4.88 Å². The number of hydrogen-bond acceptors (Lipinski definition) is 3. The average Bonchev–Trinajstić information content (AvgIpc) is 2.72. The second kappa shape index (κ2) is 4.19. The molecule has 0 amide bonds. The molecule has 0 fully saturated rings. The molecular formula is C12H15NOS. The number of hydrogen-bond donors (Lipinski definition) is 0. The van der Waals surface area contributed by atoms with Crippen molar-refractivity contribution in [1.82, 2.24) is 4.98 Å². The Morgan fingerprint density at radius 3 is 2.87 bits per heavy atom. The Morgan fingerprint density at radius 2 is 2.27 bits per heavy atom. The third-order valence-corrected chi connectivity index (χ3v) is 3.15. The van der Waals surface area contributed by atoms with E-state index in [2.05, 4.69) is 18.8 Å². The molecule has 2 heterocycles. The standard InChI is InChI=1S/C12H15NOS/c1-8(2)7-11-12(13-9(3)15-11)10-5-4-6-14-10/h4-6,8H,7H2,1-3H3. The smallest absolute Gasteiger partial charge is 0.153 e. The van der Waals surface area contributed by atoms with Crippen LogP contribution in [-0.4, -0.2) is 4.98 Å². The zero-order chi connectivity index (χ0) is 10.8. The van der Waals surface area contributed by atoms with Crippen molar-refractivity contribution in [3.63, 3.8) is 0 Å². The van der Waals surface area contributed by atoms with Crippen molar-refractivity contribution in [3.8, 4) is 11.5 Å². The summed E-state index contributed by atoms with van der Waals surface area (Å²) in [5.74, 6) is 1.54. The normalized spacial score (nSPS) is 11.2. The lowest BCUT2D eigenvalue weighted by atomic mass is 10.1. The fraction of sp³-hybridized carbons (Fsp3) is 0.417. The molecule has 0 aliphatic rings. The number of nitrogens with zero attached hydrogens (tertiary/aromatic N) is 1. The molecule has 2 nitrogen and oxygen atoms in total. The molecule has 80 valence electrons. The number of furan rings is 1. The quantitative estimate of drug-likeness (QED) is 0.785. The van der Waals surface area contributed by atoms with Crippen LogP contribution < -0.4 is 0 Å². The van der Waals surface area contributed by atoms with Gasteiger partial charge in [0.15, 0.2) is 5.76 Å². The minimum absolute atomic E-state index is 0.651. The summed E-state index contributed by atoms with van der Waals surface area (Å²) in [7, 11) is 0.